The number of carbonyl (C=O) groups excluding carboxylic acids is 1. The fourth-order valence-corrected chi connectivity index (χ4v) is 2.14. The molecule has 4 nitrogen and oxygen atoms in total. The average molecular weight is 290 g/mol. The van der Waals surface area contributed by atoms with Gasteiger partial charge in [0.05, 0.1) is 0 Å². The van der Waals surface area contributed by atoms with Gasteiger partial charge in [-0.15, -0.1) is 0 Å². The standard InChI is InChI=1S/C17H26N2O2/c1-17(2,3)21-16(20)19-12-14-9-7-13(8-10-14)11-18-15-5-4-6-15/h7-10,15,18H,4-6,11-12H2,1-3H3,(H,19,20). The van der Waals surface area contributed by atoms with E-state index in [4.69, 9.17) is 4.74 Å². The molecule has 1 fully saturated rings. The molecule has 0 aliphatic heterocycles. The van der Waals surface area contributed by atoms with Gasteiger partial charge in [0.1, 0.15) is 5.60 Å². The normalized spacial score (nSPS) is 15.4. The first-order valence-electron chi connectivity index (χ1n) is 7.70. The fourth-order valence-electron chi connectivity index (χ4n) is 2.14. The predicted molar refractivity (Wildman–Crippen MR) is 84.0 cm³/mol. The maximum Gasteiger partial charge on any atom is 0.407 e. The van der Waals surface area contributed by atoms with Crippen molar-refractivity contribution >= 4 is 6.09 Å². The Morgan fingerprint density at radius 1 is 1.14 bits per heavy atom. The largest absolute Gasteiger partial charge is 0.444 e. The Kier molecular flexibility index (Phi) is 5.23. The van der Waals surface area contributed by atoms with E-state index in [1.165, 1.54) is 24.8 Å². The molecule has 0 unspecified atom stereocenters. The van der Waals surface area contributed by atoms with Crippen LogP contribution in [0.15, 0.2) is 24.3 Å². The first-order valence-corrected chi connectivity index (χ1v) is 7.70. The van der Waals surface area contributed by atoms with Gasteiger partial charge >= 0.3 is 6.09 Å². The van der Waals surface area contributed by atoms with Gasteiger partial charge in [0, 0.05) is 19.1 Å². The van der Waals surface area contributed by atoms with Gasteiger partial charge in [0.15, 0.2) is 0 Å². The summed E-state index contributed by atoms with van der Waals surface area (Å²) < 4.78 is 5.21. The summed E-state index contributed by atoms with van der Waals surface area (Å²) in [4.78, 5) is 11.6. The molecule has 0 atom stereocenters. The topological polar surface area (TPSA) is 50.4 Å². The van der Waals surface area contributed by atoms with Crippen LogP contribution in [0.1, 0.15) is 51.2 Å². The van der Waals surface area contributed by atoms with Gasteiger partial charge in [-0.1, -0.05) is 30.7 Å². The second-order valence-corrected chi connectivity index (χ2v) is 6.68. The van der Waals surface area contributed by atoms with Crippen LogP contribution in [0, 0.1) is 0 Å². The molecule has 1 saturated carbocycles. The van der Waals surface area contributed by atoms with Crippen LogP contribution in [0.4, 0.5) is 4.79 Å². The van der Waals surface area contributed by atoms with Gasteiger partial charge in [0.2, 0.25) is 0 Å². The average Bonchev–Trinajstić information content (AvgIpc) is 2.34. The second kappa shape index (κ2) is 6.94. The van der Waals surface area contributed by atoms with Crippen molar-refractivity contribution in [2.24, 2.45) is 0 Å². The minimum absolute atomic E-state index is 0.377. The third kappa shape index (κ3) is 5.76. The summed E-state index contributed by atoms with van der Waals surface area (Å²) in [6, 6.07) is 9.03. The predicted octanol–water partition coefficient (Wildman–Crippen LogP) is 3.35. The van der Waals surface area contributed by atoms with Crippen LogP contribution in [-0.2, 0) is 17.8 Å². The summed E-state index contributed by atoms with van der Waals surface area (Å²) >= 11 is 0. The molecular formula is C17H26N2O2. The Labute approximate surface area is 127 Å². The molecule has 0 heterocycles. The first-order chi connectivity index (χ1) is 9.92. The van der Waals surface area contributed by atoms with E-state index in [0.717, 1.165) is 12.1 Å². The number of hydrogen-bond donors (Lipinski definition) is 2. The molecule has 4 heteroatoms. The molecule has 0 radical (unpaired) electrons. The van der Waals surface area contributed by atoms with Crippen molar-refractivity contribution in [1.82, 2.24) is 10.6 Å². The molecule has 0 saturated heterocycles. The molecule has 1 aliphatic carbocycles. The molecule has 1 amide bonds. The lowest BCUT2D eigenvalue weighted by atomic mass is 9.93. The molecule has 1 aromatic carbocycles. The highest BCUT2D eigenvalue weighted by molar-refractivity contribution is 5.67. The highest BCUT2D eigenvalue weighted by Crippen LogP contribution is 2.18. The summed E-state index contributed by atoms with van der Waals surface area (Å²) in [5, 5.41) is 6.31. The summed E-state index contributed by atoms with van der Waals surface area (Å²) in [6.07, 6.45) is 3.58. The molecule has 21 heavy (non-hydrogen) atoms. The van der Waals surface area contributed by atoms with Gasteiger partial charge in [-0.2, -0.15) is 0 Å². The van der Waals surface area contributed by atoms with Crippen molar-refractivity contribution in [2.45, 2.75) is 64.8 Å². The molecule has 2 N–H and O–H groups in total. The summed E-state index contributed by atoms with van der Waals surface area (Å²) in [7, 11) is 0. The maximum atomic E-state index is 11.6. The highest BCUT2D eigenvalue weighted by atomic mass is 16.6. The lowest BCUT2D eigenvalue weighted by Gasteiger charge is -2.26. The van der Waals surface area contributed by atoms with Gasteiger partial charge in [-0.05, 0) is 44.7 Å². The minimum atomic E-state index is -0.457. The number of amides is 1. The Balaban J connectivity index is 1.72. The van der Waals surface area contributed by atoms with Crippen LogP contribution < -0.4 is 10.6 Å². The SMILES string of the molecule is CC(C)(C)OC(=O)NCc1ccc(CNC2CCC2)cc1. The Morgan fingerprint density at radius 3 is 2.19 bits per heavy atom. The van der Waals surface area contributed by atoms with Gasteiger partial charge in [-0.3, -0.25) is 0 Å². The smallest absolute Gasteiger partial charge is 0.407 e. The Hall–Kier alpha value is -1.55. The molecule has 0 aromatic heterocycles. The molecule has 116 valence electrons. The zero-order valence-corrected chi connectivity index (χ0v) is 13.2. The summed E-state index contributed by atoms with van der Waals surface area (Å²) in [6.45, 7) is 6.99. The van der Waals surface area contributed by atoms with E-state index >= 15 is 0 Å². The van der Waals surface area contributed by atoms with Gasteiger partial charge < -0.3 is 15.4 Å². The lowest BCUT2D eigenvalue weighted by Crippen LogP contribution is -2.34. The number of alkyl carbamates (subject to hydrolysis) is 1. The second-order valence-electron chi connectivity index (χ2n) is 6.68. The molecule has 0 bridgehead atoms. The molecule has 1 aromatic rings. The monoisotopic (exact) mass is 290 g/mol. The first kappa shape index (κ1) is 15.8. The molecule has 1 aliphatic rings. The Morgan fingerprint density at radius 2 is 1.71 bits per heavy atom. The van der Waals surface area contributed by atoms with Crippen molar-refractivity contribution < 1.29 is 9.53 Å². The zero-order chi connectivity index (χ0) is 15.3. The summed E-state index contributed by atoms with van der Waals surface area (Å²) in [5.41, 5.74) is 1.90. The van der Waals surface area contributed by atoms with Crippen LogP contribution in [0.5, 0.6) is 0 Å². The van der Waals surface area contributed by atoms with Crippen LogP contribution in [0.25, 0.3) is 0 Å². The van der Waals surface area contributed by atoms with Crippen LogP contribution in [-0.4, -0.2) is 17.7 Å². The van der Waals surface area contributed by atoms with Crippen LogP contribution in [0.3, 0.4) is 0 Å². The lowest BCUT2D eigenvalue weighted by molar-refractivity contribution is 0.0523. The van der Waals surface area contributed by atoms with Gasteiger partial charge in [0.25, 0.3) is 0 Å². The van der Waals surface area contributed by atoms with E-state index in [-0.39, 0.29) is 6.09 Å². The van der Waals surface area contributed by atoms with E-state index < -0.39 is 5.60 Å². The molecule has 2 rings (SSSR count). The highest BCUT2D eigenvalue weighted by Gasteiger charge is 2.16. The van der Waals surface area contributed by atoms with Gasteiger partial charge in [-0.25, -0.2) is 4.79 Å². The number of rotatable bonds is 5. The van der Waals surface area contributed by atoms with Crippen molar-refractivity contribution in [3.05, 3.63) is 35.4 Å². The van der Waals surface area contributed by atoms with Crippen LogP contribution >= 0.6 is 0 Å². The van der Waals surface area contributed by atoms with E-state index in [2.05, 4.69) is 34.9 Å². The van der Waals surface area contributed by atoms with Crippen molar-refractivity contribution in [1.29, 1.82) is 0 Å². The molecule has 0 spiro atoms. The van der Waals surface area contributed by atoms with Crippen LogP contribution in [0.2, 0.25) is 0 Å². The number of ether oxygens (including phenoxy) is 1. The maximum absolute atomic E-state index is 11.6. The van der Waals surface area contributed by atoms with E-state index in [9.17, 15) is 4.79 Å². The molecular weight excluding hydrogens is 264 g/mol. The number of carbonyl (C=O) groups is 1. The summed E-state index contributed by atoms with van der Waals surface area (Å²) in [5.74, 6) is 0. The zero-order valence-electron chi connectivity index (χ0n) is 13.2. The van der Waals surface area contributed by atoms with E-state index in [1.54, 1.807) is 0 Å². The van der Waals surface area contributed by atoms with Crippen molar-refractivity contribution in [2.75, 3.05) is 0 Å². The minimum Gasteiger partial charge on any atom is -0.444 e. The van der Waals surface area contributed by atoms with Crippen molar-refractivity contribution in [3.8, 4) is 0 Å². The van der Waals surface area contributed by atoms with E-state index in [0.29, 0.717) is 12.6 Å². The Bertz CT molecular complexity index is 459. The fraction of sp³-hybridized carbons (Fsp3) is 0.588. The van der Waals surface area contributed by atoms with E-state index in [1.807, 2.05) is 20.8 Å². The van der Waals surface area contributed by atoms with Crippen molar-refractivity contribution in [3.63, 3.8) is 0 Å². The number of benzene rings is 1. The third-order valence-corrected chi connectivity index (χ3v) is 3.56. The number of nitrogens with one attached hydrogen (secondary N) is 2. The third-order valence-electron chi connectivity index (χ3n) is 3.56. The quantitative estimate of drug-likeness (QED) is 0.874. The number of hydrogen-bond acceptors (Lipinski definition) is 3.